The smallest absolute Gasteiger partial charge is 0.312 e. The molecule has 82 valence electrons. The summed E-state index contributed by atoms with van der Waals surface area (Å²) in [6.45, 7) is 1.50. The third-order valence-electron chi connectivity index (χ3n) is 1.27. The fourth-order valence-corrected chi connectivity index (χ4v) is 1.95. The molecule has 14 heavy (non-hydrogen) atoms. The molecule has 0 aromatic heterocycles. The summed E-state index contributed by atoms with van der Waals surface area (Å²) in [4.78, 5) is 21.0. The molecular formula is C7H13NO5S. The summed E-state index contributed by atoms with van der Waals surface area (Å²) in [6.07, 6.45) is 0.404. The summed E-state index contributed by atoms with van der Waals surface area (Å²) in [6, 6.07) is -0.572. The Hall–Kier alpha value is -1.11. The highest BCUT2D eigenvalue weighted by Gasteiger charge is 2.14. The second-order valence-corrected chi connectivity index (χ2v) is 5.32. The monoisotopic (exact) mass is 223 g/mol. The van der Waals surface area contributed by atoms with E-state index in [0.29, 0.717) is 0 Å². The van der Waals surface area contributed by atoms with Gasteiger partial charge in [0.15, 0.2) is 0 Å². The molecule has 2 N–H and O–H groups in total. The Kier molecular flexibility index (Phi) is 4.55. The second kappa shape index (κ2) is 4.94. The normalized spacial score (nSPS) is 13.3. The van der Waals surface area contributed by atoms with Crippen LogP contribution in [-0.2, 0) is 19.4 Å². The number of aliphatic carboxylic acids is 1. The summed E-state index contributed by atoms with van der Waals surface area (Å²) in [5, 5.41) is 10.5. The lowest BCUT2D eigenvalue weighted by atomic mass is 10.3. The van der Waals surface area contributed by atoms with Crippen LogP contribution < -0.4 is 5.32 Å². The van der Waals surface area contributed by atoms with Gasteiger partial charge in [0, 0.05) is 12.3 Å². The van der Waals surface area contributed by atoms with Crippen molar-refractivity contribution in [3.8, 4) is 0 Å². The minimum Gasteiger partial charge on any atom is -0.481 e. The van der Waals surface area contributed by atoms with E-state index in [0.717, 1.165) is 6.26 Å². The summed E-state index contributed by atoms with van der Waals surface area (Å²) in [7, 11) is -3.16. The molecule has 6 nitrogen and oxygen atoms in total. The van der Waals surface area contributed by atoms with Gasteiger partial charge in [0.1, 0.15) is 16.3 Å². The molecule has 7 heteroatoms. The number of hydrogen-bond donors (Lipinski definition) is 2. The largest absolute Gasteiger partial charge is 0.481 e. The first-order valence-electron chi connectivity index (χ1n) is 3.89. The zero-order valence-corrected chi connectivity index (χ0v) is 8.80. The third-order valence-corrected chi connectivity index (χ3v) is 2.38. The molecule has 0 fully saturated rings. The van der Waals surface area contributed by atoms with Crippen molar-refractivity contribution in [2.24, 2.45) is 0 Å². The molecule has 0 radical (unpaired) electrons. The molecule has 0 bridgehead atoms. The van der Waals surface area contributed by atoms with Crippen LogP contribution in [0.2, 0.25) is 0 Å². The molecule has 0 aromatic carbocycles. The number of carbonyl (C=O) groups is 2. The van der Waals surface area contributed by atoms with Gasteiger partial charge in [0.25, 0.3) is 0 Å². The Morgan fingerprint density at radius 1 is 1.43 bits per heavy atom. The highest BCUT2D eigenvalue weighted by molar-refractivity contribution is 7.90. The Morgan fingerprint density at radius 3 is 2.29 bits per heavy atom. The van der Waals surface area contributed by atoms with Crippen molar-refractivity contribution in [2.45, 2.75) is 19.4 Å². The fourth-order valence-electron chi connectivity index (χ4n) is 0.959. The van der Waals surface area contributed by atoms with Crippen LogP contribution in [0.15, 0.2) is 0 Å². The molecule has 0 aliphatic heterocycles. The van der Waals surface area contributed by atoms with Gasteiger partial charge in [0.2, 0.25) is 5.91 Å². The number of amides is 1. The first kappa shape index (κ1) is 12.9. The van der Waals surface area contributed by atoms with E-state index in [4.69, 9.17) is 5.11 Å². The van der Waals surface area contributed by atoms with E-state index in [2.05, 4.69) is 5.32 Å². The lowest BCUT2D eigenvalue weighted by Crippen LogP contribution is -2.38. The molecule has 0 saturated heterocycles. The molecule has 1 unspecified atom stereocenters. The Bertz CT molecular complexity index is 321. The topological polar surface area (TPSA) is 101 Å². The van der Waals surface area contributed by atoms with Crippen LogP contribution in [0.25, 0.3) is 0 Å². The lowest BCUT2D eigenvalue weighted by Gasteiger charge is -2.11. The van der Waals surface area contributed by atoms with E-state index >= 15 is 0 Å². The van der Waals surface area contributed by atoms with Gasteiger partial charge in [-0.15, -0.1) is 0 Å². The van der Waals surface area contributed by atoms with Crippen molar-refractivity contribution >= 4 is 21.7 Å². The van der Waals surface area contributed by atoms with Crippen LogP contribution >= 0.6 is 0 Å². The van der Waals surface area contributed by atoms with Crippen LogP contribution in [0.3, 0.4) is 0 Å². The van der Waals surface area contributed by atoms with Gasteiger partial charge in [-0.25, -0.2) is 8.42 Å². The van der Waals surface area contributed by atoms with Gasteiger partial charge >= 0.3 is 5.97 Å². The Balaban J connectivity index is 4.01. The molecule has 0 aliphatic rings. The van der Waals surface area contributed by atoms with Gasteiger partial charge in [-0.05, 0) is 6.92 Å². The lowest BCUT2D eigenvalue weighted by molar-refractivity contribution is -0.140. The van der Waals surface area contributed by atoms with Gasteiger partial charge < -0.3 is 10.4 Å². The number of carboxylic acids is 1. The second-order valence-electron chi connectivity index (χ2n) is 3.13. The van der Waals surface area contributed by atoms with Crippen molar-refractivity contribution in [3.05, 3.63) is 0 Å². The predicted octanol–water partition coefficient (Wildman–Crippen LogP) is -0.990. The number of rotatable bonds is 5. The minimum absolute atomic E-state index is 0.196. The van der Waals surface area contributed by atoms with E-state index < -0.39 is 34.2 Å². The van der Waals surface area contributed by atoms with Gasteiger partial charge in [0.05, 0.1) is 5.75 Å². The maximum atomic E-state index is 10.9. The standard InChI is InChI=1S/C7H13NO5S/c1-5(4-14(2,12)13)8-6(9)3-7(10)11/h5H,3-4H2,1-2H3,(H,8,9)(H,10,11). The molecule has 0 aromatic rings. The average molecular weight is 223 g/mol. The molecule has 0 saturated carbocycles. The van der Waals surface area contributed by atoms with Crippen LogP contribution in [0.1, 0.15) is 13.3 Å². The van der Waals surface area contributed by atoms with Crippen LogP contribution in [0.5, 0.6) is 0 Å². The number of hydrogen-bond acceptors (Lipinski definition) is 4. The fraction of sp³-hybridized carbons (Fsp3) is 0.714. The zero-order chi connectivity index (χ0) is 11.4. The summed E-state index contributed by atoms with van der Waals surface area (Å²) in [5.41, 5.74) is 0. The van der Waals surface area contributed by atoms with E-state index in [1.165, 1.54) is 6.92 Å². The van der Waals surface area contributed by atoms with Crippen LogP contribution in [-0.4, -0.2) is 43.5 Å². The van der Waals surface area contributed by atoms with Gasteiger partial charge in [-0.2, -0.15) is 0 Å². The van der Waals surface area contributed by atoms with Gasteiger partial charge in [-0.1, -0.05) is 0 Å². The first-order chi connectivity index (χ1) is 6.20. The minimum atomic E-state index is -3.16. The summed E-state index contributed by atoms with van der Waals surface area (Å²) in [5.74, 6) is -2.12. The first-order valence-corrected chi connectivity index (χ1v) is 5.95. The quantitative estimate of drug-likeness (QED) is 0.583. The number of nitrogens with one attached hydrogen (secondary N) is 1. The molecule has 0 heterocycles. The highest BCUT2D eigenvalue weighted by atomic mass is 32.2. The van der Waals surface area contributed by atoms with E-state index in [-0.39, 0.29) is 5.75 Å². The Labute approximate surface area is 82.2 Å². The van der Waals surface area contributed by atoms with Crippen molar-refractivity contribution in [1.29, 1.82) is 0 Å². The van der Waals surface area contributed by atoms with Crippen molar-refractivity contribution in [3.63, 3.8) is 0 Å². The number of carbonyl (C=O) groups excluding carboxylic acids is 1. The summed E-state index contributed by atoms with van der Waals surface area (Å²) < 4.78 is 21.6. The van der Waals surface area contributed by atoms with E-state index in [1.54, 1.807) is 0 Å². The molecular weight excluding hydrogens is 210 g/mol. The predicted molar refractivity (Wildman–Crippen MR) is 49.6 cm³/mol. The van der Waals surface area contributed by atoms with Crippen molar-refractivity contribution < 1.29 is 23.1 Å². The SMILES string of the molecule is CC(CS(C)(=O)=O)NC(=O)CC(=O)O. The van der Waals surface area contributed by atoms with Crippen molar-refractivity contribution in [1.82, 2.24) is 5.32 Å². The molecule has 1 amide bonds. The third kappa shape index (κ3) is 7.53. The van der Waals surface area contributed by atoms with Crippen LogP contribution in [0, 0.1) is 0 Å². The van der Waals surface area contributed by atoms with E-state index in [9.17, 15) is 18.0 Å². The van der Waals surface area contributed by atoms with Crippen molar-refractivity contribution in [2.75, 3.05) is 12.0 Å². The maximum absolute atomic E-state index is 10.9. The van der Waals surface area contributed by atoms with Crippen LogP contribution in [0.4, 0.5) is 0 Å². The van der Waals surface area contributed by atoms with E-state index in [1.807, 2.05) is 0 Å². The molecule has 0 aliphatic carbocycles. The highest BCUT2D eigenvalue weighted by Crippen LogP contribution is 1.91. The molecule has 0 rings (SSSR count). The van der Waals surface area contributed by atoms with Gasteiger partial charge in [-0.3, -0.25) is 9.59 Å². The maximum Gasteiger partial charge on any atom is 0.312 e. The average Bonchev–Trinajstić information content (AvgIpc) is 1.77. The summed E-state index contributed by atoms with van der Waals surface area (Å²) >= 11 is 0. The number of carboxylic acid groups (broad SMARTS) is 1. The number of sulfone groups is 1. The zero-order valence-electron chi connectivity index (χ0n) is 7.98. The Morgan fingerprint density at radius 2 is 1.93 bits per heavy atom. The molecule has 1 atom stereocenters. The molecule has 0 spiro atoms.